The SMILES string of the molecule is C.CC1(C)O[C@@H]2C(CO)OC(O)[C@@H]2O1.CCC(=O)[C@H]1OC(C)(C)O[C@H]1C=C(Br)Br.CCC(O)[C@H]1OC(C)(C)O[C@H]1C=C(Br)Br.CCC1=C(Br)C(=O)[C@@H]2OC(C)(C)O[C@H]12.CCC1OC(O)[C@@H]2OC(C)(C)O[C@H]12.CC[C@]1(O)C(Br)=C[C@@H]2OC(C)(C)O[C@@H]21.OCC1OC(O)C(O)C1O.[2H]PC. The Hall–Kier alpha value is 0.650. The summed E-state index contributed by atoms with van der Waals surface area (Å²) in [5.41, 5.74) is 0.101. The first-order valence-electron chi connectivity index (χ1n) is 32.3. The molecule has 0 spiro atoms. The van der Waals surface area contributed by atoms with Crippen molar-refractivity contribution in [1.82, 2.24) is 0 Å². The number of rotatable bonds is 11. The van der Waals surface area contributed by atoms with Crippen LogP contribution in [0.2, 0.25) is 0 Å². The molecule has 9 N–H and O–H groups in total. The third-order valence-electron chi connectivity index (χ3n) is 16.1. The number of halogens is 6. The fraction of sp³-hybridized carbons (Fsp3) is 0.844. The van der Waals surface area contributed by atoms with Gasteiger partial charge >= 0.3 is 0 Å². The maximum atomic E-state index is 11.7. The Morgan fingerprint density at radius 3 is 1.47 bits per heavy atom. The van der Waals surface area contributed by atoms with Gasteiger partial charge in [0.25, 0.3) is 0 Å². The number of carbonyl (C=O) groups is 2. The minimum absolute atomic E-state index is 0. The number of ketones is 2. The minimum atomic E-state index is -1.38. The Morgan fingerprint density at radius 1 is 0.598 bits per heavy atom. The van der Waals surface area contributed by atoms with Crippen molar-refractivity contribution in [2.24, 2.45) is 0 Å². The highest BCUT2D eigenvalue weighted by Crippen LogP contribution is 2.48. The molecule has 11 aliphatic rings. The van der Waals surface area contributed by atoms with Crippen LogP contribution in [-0.4, -0.2) is 248 Å². The first-order chi connectivity index (χ1) is 44.7. The molecule has 0 aromatic carbocycles. The van der Waals surface area contributed by atoms with Crippen LogP contribution in [0.15, 0.2) is 39.5 Å². The Labute approximate surface area is 625 Å². The summed E-state index contributed by atoms with van der Waals surface area (Å²) < 4.78 is 91.2. The van der Waals surface area contributed by atoms with Crippen LogP contribution >= 0.6 is 105 Å². The molecule has 9 saturated heterocycles. The first kappa shape index (κ1) is 90.0. The van der Waals surface area contributed by atoms with E-state index in [-0.39, 0.29) is 86.6 Å². The van der Waals surface area contributed by atoms with Gasteiger partial charge in [-0.3, -0.25) is 9.59 Å². The molecule has 0 aromatic heterocycles. The maximum absolute atomic E-state index is 11.7. The average molecular weight is 1800 g/mol. The predicted molar refractivity (Wildman–Crippen MR) is 381 cm³/mol. The van der Waals surface area contributed by atoms with Gasteiger partial charge in [0.05, 0.1) is 38.0 Å². The summed E-state index contributed by atoms with van der Waals surface area (Å²) in [6.45, 7) is 32.9. The smallest absolute Gasteiger partial charge is 0.201 e. The van der Waals surface area contributed by atoms with Crippen molar-refractivity contribution < 1.29 is 127 Å². The molecule has 10 unspecified atom stereocenters. The number of aliphatic hydroxyl groups excluding tert-OH is 8. The lowest BCUT2D eigenvalue weighted by Gasteiger charge is -2.29. The van der Waals surface area contributed by atoms with Gasteiger partial charge in [-0.15, -0.1) is 9.18 Å². The van der Waals surface area contributed by atoms with E-state index in [1.54, 1.807) is 33.8 Å². The molecule has 9 aliphatic heterocycles. The molecule has 0 radical (unpaired) electrons. The average Bonchev–Trinajstić information content (AvgIpc) is 1.61. The lowest BCUT2D eigenvalue weighted by molar-refractivity contribution is -0.223. The fourth-order valence-electron chi connectivity index (χ4n) is 11.8. The van der Waals surface area contributed by atoms with E-state index in [0.29, 0.717) is 32.9 Å². The van der Waals surface area contributed by atoms with E-state index in [1.165, 1.54) is 0 Å². The standard InChI is InChI=1S/C10H16Br2O3.C10H14Br2O3.C10H15BrO3.C10H13BrO3.C9H16O4.C8H14O5.C5H10O5.CH5P.CH4/c2*1-4-6(13)9-7(5-8(11)12)14-10(2,3)15-9;1-4-10(12)7(11)5-6-8(10)14-9(2,3)13-6;1-4-5-6(11)7(12)9-8(5)13-10(2,3)14-9;1-4-5-6-7(8(10)11-5)13-9(2,3)12-6;1-8(2)12-5-4(3-9)11-7(10)6(5)13-8;6-1-2-3(7)4(8)5(9)10-2;1-2;/h5-7,9,13H,4H2,1-3H3;5,7,9H,4H2,1-3H3;5-6,8,12H,4H2,1-3H3;8-9H,4H2,1-3H3;5-8,10H,4H2,1-3H3;4-7,9-10H,3H2,1-2H3;2-9H,1H2;2H2,1H3;1H4/t6?,7-,9+;7-,9+;6-,8-,10-;8-,9+;5?,6-,7-,8?;4?,5-,6-,7?;;;/m000111.../s1/i;;;;;;;2D;. The predicted octanol–water partition coefficient (Wildman–Crippen LogP) is 8.51. The molecule has 11 rings (SSSR count). The molecular weight excluding hydrogens is 1700 g/mol. The minimum Gasteiger partial charge on any atom is -0.394 e. The van der Waals surface area contributed by atoms with Crippen LogP contribution in [-0.2, 0) is 80.6 Å². The van der Waals surface area contributed by atoms with Crippen LogP contribution < -0.4 is 0 Å². The second kappa shape index (κ2) is 38.4. The highest BCUT2D eigenvalue weighted by molar-refractivity contribution is 9.28. The fourth-order valence-corrected chi connectivity index (χ4v) is 14.3. The number of carbonyl (C=O) groups excluding carboxylic acids is 2. The zero-order valence-corrected chi connectivity index (χ0v) is 68.1. The van der Waals surface area contributed by atoms with Crippen LogP contribution in [0.3, 0.4) is 0 Å². The van der Waals surface area contributed by atoms with Crippen molar-refractivity contribution in [2.75, 3.05) is 19.9 Å². The quantitative estimate of drug-likeness (QED) is 0.0875. The van der Waals surface area contributed by atoms with Gasteiger partial charge in [0.15, 0.2) is 65.5 Å². The van der Waals surface area contributed by atoms with Gasteiger partial charge in [0, 0.05) is 10.9 Å². The van der Waals surface area contributed by atoms with Gasteiger partial charge in [-0.25, -0.2) is 0 Å². The van der Waals surface area contributed by atoms with E-state index >= 15 is 0 Å². The van der Waals surface area contributed by atoms with Crippen molar-refractivity contribution in [2.45, 2.75) is 326 Å². The van der Waals surface area contributed by atoms with Crippen molar-refractivity contribution in [1.29, 1.82) is 1.28 Å². The molecular formula is C64H107Br6O26P. The monoisotopic (exact) mass is 1800 g/mol. The normalized spacial score (nSPS) is 39.0. The summed E-state index contributed by atoms with van der Waals surface area (Å²) in [4.78, 5) is 23.4. The molecule has 97 heavy (non-hydrogen) atoms. The number of Topliss-reactive ketones (excluding diaryl/α,β-unsaturated/α-hetero) is 2. The highest BCUT2D eigenvalue weighted by atomic mass is 79.9. The van der Waals surface area contributed by atoms with Gasteiger partial charge in [0.1, 0.15) is 97.2 Å². The van der Waals surface area contributed by atoms with E-state index in [9.17, 15) is 30.0 Å². The second-order valence-corrected chi connectivity index (χ2v) is 33.4. The van der Waals surface area contributed by atoms with Crippen LogP contribution in [0.1, 0.15) is 157 Å². The molecule has 566 valence electrons. The van der Waals surface area contributed by atoms with Gasteiger partial charge in [-0.2, -0.15) is 0 Å². The zero-order valence-electron chi connectivity index (χ0n) is 58.5. The van der Waals surface area contributed by atoms with Gasteiger partial charge < -0.3 is 117 Å². The number of fused-ring (bicyclic) bond motifs is 4. The maximum Gasteiger partial charge on any atom is 0.201 e. The second-order valence-electron chi connectivity index (χ2n) is 26.2. The first-order valence-corrected chi connectivity index (χ1v) is 37.6. The molecule has 26 nitrogen and oxygen atoms in total. The summed E-state index contributed by atoms with van der Waals surface area (Å²) in [6, 6.07) is 0. The van der Waals surface area contributed by atoms with E-state index < -0.39 is 115 Å². The van der Waals surface area contributed by atoms with Gasteiger partial charge in [0.2, 0.25) is 5.78 Å². The Morgan fingerprint density at radius 2 is 1.03 bits per heavy atom. The van der Waals surface area contributed by atoms with Crippen molar-refractivity contribution in [3.8, 4) is 0 Å². The highest BCUT2D eigenvalue weighted by Gasteiger charge is 2.58. The van der Waals surface area contributed by atoms with E-state index in [4.69, 9.17) is 93.1 Å². The molecule has 2 aliphatic carbocycles. The molecule has 0 amide bonds. The van der Waals surface area contributed by atoms with Crippen molar-refractivity contribution in [3.63, 3.8) is 0 Å². The number of ether oxygens (including phenoxy) is 15. The third-order valence-corrected chi connectivity index (χ3v) is 19.0. The molecule has 9 fully saturated rings. The number of hydrogen-bond donors (Lipinski definition) is 9. The van der Waals surface area contributed by atoms with Gasteiger partial charge in [-0.05, 0) is 212 Å². The van der Waals surface area contributed by atoms with Crippen molar-refractivity contribution in [3.05, 3.63) is 39.5 Å². The van der Waals surface area contributed by atoms with Crippen molar-refractivity contribution >= 4 is 116 Å². The lowest BCUT2D eigenvalue weighted by Crippen LogP contribution is -2.43. The molecule has 0 saturated carbocycles. The van der Waals surface area contributed by atoms with Crippen LogP contribution in [0.5, 0.6) is 0 Å². The molecule has 33 heteroatoms. The summed E-state index contributed by atoms with van der Waals surface area (Å²) in [7, 11) is 0.333. The van der Waals surface area contributed by atoms with E-state index in [1.807, 2.05) is 109 Å². The summed E-state index contributed by atoms with van der Waals surface area (Å²) in [5, 5.41) is 82.9. The number of hydrogen-bond acceptors (Lipinski definition) is 26. The largest absolute Gasteiger partial charge is 0.394 e. The third kappa shape index (κ3) is 24.6. The zero-order chi connectivity index (χ0) is 74.1. The Kier molecular flexibility index (Phi) is 35.7. The Balaban J connectivity index is 0.000000296. The molecule has 0 bridgehead atoms. The van der Waals surface area contributed by atoms with Gasteiger partial charge in [-0.1, -0.05) is 64.6 Å². The number of aliphatic hydroxyl groups is 9. The molecule has 9 heterocycles. The summed E-state index contributed by atoms with van der Waals surface area (Å²) in [5.74, 6) is -3.80. The topological polar surface area (TPSA) is 355 Å². The van der Waals surface area contributed by atoms with E-state index in [2.05, 4.69) is 100 Å². The van der Waals surface area contributed by atoms with E-state index in [0.717, 1.165) is 29.7 Å². The summed E-state index contributed by atoms with van der Waals surface area (Å²) in [6.07, 6.45) is -2.43. The summed E-state index contributed by atoms with van der Waals surface area (Å²) >= 11 is 19.7. The molecule has 0 aromatic rings. The van der Waals surface area contributed by atoms with Crippen LogP contribution in [0.4, 0.5) is 0 Å². The van der Waals surface area contributed by atoms with Crippen LogP contribution in [0.25, 0.3) is 0 Å². The lowest BCUT2D eigenvalue weighted by atomic mass is 9.97. The molecule has 23 atom stereocenters. The Bertz CT molecular complexity index is 2620. The van der Waals surface area contributed by atoms with Crippen LogP contribution in [0, 0.1) is 0 Å².